The Morgan fingerprint density at radius 1 is 1.38 bits per heavy atom. The fourth-order valence-corrected chi connectivity index (χ4v) is 4.61. The number of piperidine rings is 1. The number of rotatable bonds is 2. The Hall–Kier alpha value is -1.72. The molecule has 1 N–H and O–H groups in total. The van der Waals surface area contributed by atoms with Crippen LogP contribution in [0.3, 0.4) is 0 Å². The summed E-state index contributed by atoms with van der Waals surface area (Å²) in [6.45, 7) is 4.61. The summed E-state index contributed by atoms with van der Waals surface area (Å²) in [4.78, 5) is 19.5. The highest BCUT2D eigenvalue weighted by Crippen LogP contribution is 2.45. The van der Waals surface area contributed by atoms with E-state index in [1.165, 1.54) is 0 Å². The van der Waals surface area contributed by atoms with E-state index in [1.807, 2.05) is 19.1 Å². The lowest BCUT2D eigenvalue weighted by molar-refractivity contribution is -0.0123. The van der Waals surface area contributed by atoms with Gasteiger partial charge in [-0.2, -0.15) is 0 Å². The van der Waals surface area contributed by atoms with Crippen LogP contribution in [0.2, 0.25) is 0 Å². The minimum Gasteiger partial charge on any atom is -0.393 e. The van der Waals surface area contributed by atoms with Gasteiger partial charge in [0.05, 0.1) is 11.8 Å². The second kappa shape index (κ2) is 5.97. The van der Waals surface area contributed by atoms with Crippen molar-refractivity contribution < 1.29 is 5.11 Å². The summed E-state index contributed by atoms with van der Waals surface area (Å²) in [6, 6.07) is 5.51. The first-order chi connectivity index (χ1) is 11.6. The van der Waals surface area contributed by atoms with Crippen molar-refractivity contribution in [2.75, 3.05) is 13.1 Å². The Bertz CT molecular complexity index is 816. The van der Waals surface area contributed by atoms with Gasteiger partial charge in [-0.05, 0) is 50.8 Å². The van der Waals surface area contributed by atoms with Crippen LogP contribution in [0.4, 0.5) is 0 Å². The highest BCUT2D eigenvalue weighted by molar-refractivity contribution is 5.46. The van der Waals surface area contributed by atoms with Crippen LogP contribution in [-0.2, 0) is 6.54 Å². The van der Waals surface area contributed by atoms with E-state index < -0.39 is 0 Å². The SMILES string of the molecule is Cc1cccn2c(=O)cc(CN3CCC[C@]4(CCC[C@H]4O)C3)nc12. The lowest BCUT2D eigenvalue weighted by Gasteiger charge is -2.42. The molecule has 128 valence electrons. The number of aliphatic hydroxyl groups excluding tert-OH is 1. The number of likely N-dealkylation sites (tertiary alicyclic amines) is 1. The number of pyridine rings is 1. The topological polar surface area (TPSA) is 57.8 Å². The lowest BCUT2D eigenvalue weighted by Crippen LogP contribution is -2.46. The predicted molar refractivity (Wildman–Crippen MR) is 93.0 cm³/mol. The number of hydrogen-bond acceptors (Lipinski definition) is 4. The third kappa shape index (κ3) is 2.66. The zero-order valence-electron chi connectivity index (χ0n) is 14.2. The molecule has 4 rings (SSSR count). The summed E-state index contributed by atoms with van der Waals surface area (Å²) >= 11 is 0. The number of aryl methyl sites for hydroxylation is 1. The highest BCUT2D eigenvalue weighted by Gasteiger charge is 2.44. The Morgan fingerprint density at radius 3 is 3.00 bits per heavy atom. The maximum Gasteiger partial charge on any atom is 0.258 e. The monoisotopic (exact) mass is 327 g/mol. The van der Waals surface area contributed by atoms with Gasteiger partial charge in [-0.15, -0.1) is 0 Å². The van der Waals surface area contributed by atoms with Crippen molar-refractivity contribution in [1.29, 1.82) is 0 Å². The first-order valence-corrected chi connectivity index (χ1v) is 8.96. The average Bonchev–Trinajstić information content (AvgIpc) is 2.89. The van der Waals surface area contributed by atoms with Crippen LogP contribution in [0.5, 0.6) is 0 Å². The molecule has 0 amide bonds. The van der Waals surface area contributed by atoms with Crippen molar-refractivity contribution in [3.63, 3.8) is 0 Å². The molecule has 1 aliphatic heterocycles. The molecule has 2 aliphatic rings. The van der Waals surface area contributed by atoms with Crippen molar-refractivity contribution in [2.24, 2.45) is 5.41 Å². The molecular weight excluding hydrogens is 302 g/mol. The van der Waals surface area contributed by atoms with Gasteiger partial charge < -0.3 is 5.11 Å². The predicted octanol–water partition coefficient (Wildman–Crippen LogP) is 2.13. The van der Waals surface area contributed by atoms with Crippen LogP contribution in [0, 0.1) is 12.3 Å². The first-order valence-electron chi connectivity index (χ1n) is 8.96. The molecular formula is C19H25N3O2. The van der Waals surface area contributed by atoms with Crippen LogP contribution < -0.4 is 5.56 Å². The highest BCUT2D eigenvalue weighted by atomic mass is 16.3. The standard InChI is InChI=1S/C19H25N3O2/c1-14-5-3-10-22-17(24)11-15(20-18(14)22)12-21-9-4-8-19(13-21)7-2-6-16(19)23/h3,5,10-11,16,23H,2,4,6-9,12-13H2,1H3/t16-,19-/m1/s1. The number of nitrogens with zero attached hydrogens (tertiary/aromatic N) is 3. The van der Waals surface area contributed by atoms with Crippen LogP contribution in [0.15, 0.2) is 29.2 Å². The van der Waals surface area contributed by atoms with Crippen molar-refractivity contribution in [2.45, 2.75) is 51.7 Å². The molecule has 1 aliphatic carbocycles. The normalized spacial score (nSPS) is 28.0. The van der Waals surface area contributed by atoms with Gasteiger partial charge in [0, 0.05) is 30.8 Å². The Labute approximate surface area is 141 Å². The quantitative estimate of drug-likeness (QED) is 0.918. The fourth-order valence-electron chi connectivity index (χ4n) is 4.61. The maximum absolute atomic E-state index is 12.4. The van der Waals surface area contributed by atoms with Crippen LogP contribution in [-0.4, -0.2) is 38.6 Å². The van der Waals surface area contributed by atoms with Gasteiger partial charge in [0.25, 0.3) is 5.56 Å². The molecule has 2 aromatic heterocycles. The minimum absolute atomic E-state index is 0.0219. The molecule has 24 heavy (non-hydrogen) atoms. The third-order valence-corrected chi connectivity index (χ3v) is 5.87. The summed E-state index contributed by atoms with van der Waals surface area (Å²) in [7, 11) is 0. The smallest absolute Gasteiger partial charge is 0.258 e. The number of aromatic nitrogens is 2. The molecule has 1 spiro atoms. The summed E-state index contributed by atoms with van der Waals surface area (Å²) < 4.78 is 1.61. The summed E-state index contributed by atoms with van der Waals surface area (Å²) in [6.07, 6.45) is 7.02. The molecule has 5 heteroatoms. The molecule has 1 saturated heterocycles. The molecule has 5 nitrogen and oxygen atoms in total. The zero-order chi connectivity index (χ0) is 16.7. The third-order valence-electron chi connectivity index (χ3n) is 5.87. The van der Waals surface area contributed by atoms with Crippen molar-refractivity contribution in [3.8, 4) is 0 Å². The summed E-state index contributed by atoms with van der Waals surface area (Å²) in [5.74, 6) is 0. The molecule has 0 radical (unpaired) electrons. The van der Waals surface area contributed by atoms with E-state index in [0.29, 0.717) is 6.54 Å². The molecule has 2 atom stereocenters. The fraction of sp³-hybridized carbons (Fsp3) is 0.579. The average molecular weight is 327 g/mol. The largest absolute Gasteiger partial charge is 0.393 e. The molecule has 0 bridgehead atoms. The first kappa shape index (κ1) is 15.8. The van der Waals surface area contributed by atoms with E-state index in [4.69, 9.17) is 4.98 Å². The summed E-state index contributed by atoms with van der Waals surface area (Å²) in [5.41, 5.74) is 2.63. The molecule has 1 saturated carbocycles. The minimum atomic E-state index is -0.169. The Balaban J connectivity index is 1.60. The van der Waals surface area contributed by atoms with Crippen LogP contribution >= 0.6 is 0 Å². The van der Waals surface area contributed by atoms with Gasteiger partial charge in [0.1, 0.15) is 5.65 Å². The Morgan fingerprint density at radius 2 is 2.21 bits per heavy atom. The number of hydrogen-bond donors (Lipinski definition) is 1. The van der Waals surface area contributed by atoms with E-state index in [0.717, 1.165) is 62.1 Å². The van der Waals surface area contributed by atoms with Gasteiger partial charge in [-0.1, -0.05) is 12.5 Å². The van der Waals surface area contributed by atoms with Crippen molar-refractivity contribution in [1.82, 2.24) is 14.3 Å². The van der Waals surface area contributed by atoms with Crippen molar-refractivity contribution in [3.05, 3.63) is 46.0 Å². The van der Waals surface area contributed by atoms with E-state index in [-0.39, 0.29) is 17.1 Å². The van der Waals surface area contributed by atoms with Crippen LogP contribution in [0.1, 0.15) is 43.4 Å². The number of aliphatic hydroxyl groups is 1. The van der Waals surface area contributed by atoms with E-state index >= 15 is 0 Å². The maximum atomic E-state index is 12.4. The molecule has 3 heterocycles. The van der Waals surface area contributed by atoms with E-state index in [1.54, 1.807) is 16.7 Å². The molecule has 0 aromatic carbocycles. The van der Waals surface area contributed by atoms with Crippen molar-refractivity contribution >= 4 is 5.65 Å². The number of fused-ring (bicyclic) bond motifs is 1. The van der Waals surface area contributed by atoms with Gasteiger partial charge >= 0.3 is 0 Å². The van der Waals surface area contributed by atoms with Gasteiger partial charge in [0.15, 0.2) is 0 Å². The van der Waals surface area contributed by atoms with Crippen LogP contribution in [0.25, 0.3) is 5.65 Å². The molecule has 2 fully saturated rings. The van der Waals surface area contributed by atoms with E-state index in [9.17, 15) is 9.90 Å². The molecule has 2 aromatic rings. The Kier molecular flexibility index (Phi) is 3.93. The second-order valence-corrected chi connectivity index (χ2v) is 7.56. The second-order valence-electron chi connectivity index (χ2n) is 7.56. The van der Waals surface area contributed by atoms with Gasteiger partial charge in [-0.3, -0.25) is 14.1 Å². The van der Waals surface area contributed by atoms with E-state index in [2.05, 4.69) is 4.90 Å². The molecule has 0 unspecified atom stereocenters. The summed E-state index contributed by atoms with van der Waals surface area (Å²) in [5, 5.41) is 10.4. The lowest BCUT2D eigenvalue weighted by atomic mass is 9.76. The van der Waals surface area contributed by atoms with Gasteiger partial charge in [-0.25, -0.2) is 4.98 Å². The van der Waals surface area contributed by atoms with Gasteiger partial charge in [0.2, 0.25) is 0 Å². The zero-order valence-corrected chi connectivity index (χ0v) is 14.2.